The average Bonchev–Trinajstić information content (AvgIpc) is 3.11. The number of aryl methyl sites for hydroxylation is 1. The molecule has 1 aromatic rings. The third-order valence-corrected chi connectivity index (χ3v) is 7.52. The second-order valence-corrected chi connectivity index (χ2v) is 10.0. The van der Waals surface area contributed by atoms with Crippen LogP contribution in [0.3, 0.4) is 0 Å². The van der Waals surface area contributed by atoms with Gasteiger partial charge in [-0.15, -0.1) is 6.58 Å². The Morgan fingerprint density at radius 2 is 2.07 bits per heavy atom. The summed E-state index contributed by atoms with van der Waals surface area (Å²) in [6.45, 7) is 10.3. The van der Waals surface area contributed by atoms with Crippen LogP contribution < -0.4 is 4.74 Å². The van der Waals surface area contributed by atoms with Gasteiger partial charge in [0.2, 0.25) is 0 Å². The summed E-state index contributed by atoms with van der Waals surface area (Å²) in [6.07, 6.45) is 7.43. The summed E-state index contributed by atoms with van der Waals surface area (Å²) in [4.78, 5) is 12.9. The quantitative estimate of drug-likeness (QED) is 0.543. The van der Waals surface area contributed by atoms with E-state index in [1.54, 1.807) is 0 Å². The Morgan fingerprint density at radius 3 is 2.81 bits per heavy atom. The second-order valence-electron chi connectivity index (χ2n) is 10.0. The molecule has 1 aromatic carbocycles. The molecule has 3 heteroatoms. The van der Waals surface area contributed by atoms with Crippen molar-refractivity contribution in [1.29, 1.82) is 0 Å². The standard InChI is InChI=1S/C24H30O3/c1-5-15-7-11-20-18-9-6-14-12-16(26-23(2,3)4)8-10-17(14)21(18)19-13-24(15,20)27-22(19)25/h5,8,10,12,15,18-21H,1,6-7,9,11,13H2,2-4H3/t15-,18+,19+,20+,21-,24+/m1/s1. The van der Waals surface area contributed by atoms with E-state index in [0.717, 1.165) is 31.4 Å². The molecule has 2 saturated carbocycles. The minimum atomic E-state index is -0.253. The fraction of sp³-hybridized carbons (Fsp3) is 0.625. The average molecular weight is 367 g/mol. The molecular weight excluding hydrogens is 336 g/mol. The third kappa shape index (κ3) is 2.43. The van der Waals surface area contributed by atoms with E-state index in [2.05, 4.69) is 45.5 Å². The van der Waals surface area contributed by atoms with Crippen molar-refractivity contribution in [2.75, 3.05) is 0 Å². The van der Waals surface area contributed by atoms with Crippen LogP contribution in [0.2, 0.25) is 0 Å². The molecule has 5 rings (SSSR count). The number of rotatable bonds is 2. The van der Waals surface area contributed by atoms with Gasteiger partial charge in [0.1, 0.15) is 17.0 Å². The molecule has 3 aliphatic carbocycles. The first-order valence-electron chi connectivity index (χ1n) is 10.5. The Kier molecular flexibility index (Phi) is 3.61. The van der Waals surface area contributed by atoms with E-state index < -0.39 is 0 Å². The van der Waals surface area contributed by atoms with Crippen molar-refractivity contribution in [3.63, 3.8) is 0 Å². The fourth-order valence-corrected chi connectivity index (χ4v) is 6.72. The van der Waals surface area contributed by atoms with E-state index >= 15 is 0 Å². The van der Waals surface area contributed by atoms with Crippen LogP contribution in [0, 0.1) is 23.7 Å². The molecule has 0 unspecified atom stereocenters. The van der Waals surface area contributed by atoms with Crippen LogP contribution in [0.5, 0.6) is 5.75 Å². The van der Waals surface area contributed by atoms with Crippen molar-refractivity contribution in [3.8, 4) is 5.75 Å². The Labute approximate surface area is 162 Å². The first-order valence-corrected chi connectivity index (χ1v) is 10.5. The zero-order valence-electron chi connectivity index (χ0n) is 16.7. The highest BCUT2D eigenvalue weighted by atomic mass is 16.6. The maximum absolute atomic E-state index is 12.9. The lowest BCUT2D eigenvalue weighted by Gasteiger charge is -2.47. The maximum Gasteiger partial charge on any atom is 0.310 e. The molecule has 1 saturated heterocycles. The number of carbonyl (C=O) groups is 1. The van der Waals surface area contributed by atoms with Gasteiger partial charge in [0.15, 0.2) is 0 Å². The maximum atomic E-state index is 12.9. The van der Waals surface area contributed by atoms with Crippen molar-refractivity contribution < 1.29 is 14.3 Å². The molecule has 3 fully saturated rings. The summed E-state index contributed by atoms with van der Waals surface area (Å²) in [5.41, 5.74) is 2.28. The Bertz CT molecular complexity index is 804. The van der Waals surface area contributed by atoms with Gasteiger partial charge in [-0.1, -0.05) is 12.1 Å². The van der Waals surface area contributed by atoms with Crippen molar-refractivity contribution in [2.45, 2.75) is 70.0 Å². The number of fused-ring (bicyclic) bond motifs is 6. The summed E-state index contributed by atoms with van der Waals surface area (Å²) >= 11 is 0. The van der Waals surface area contributed by atoms with Crippen LogP contribution >= 0.6 is 0 Å². The van der Waals surface area contributed by atoms with Gasteiger partial charge >= 0.3 is 5.97 Å². The zero-order valence-corrected chi connectivity index (χ0v) is 16.7. The predicted molar refractivity (Wildman–Crippen MR) is 105 cm³/mol. The molecular formula is C24H30O3. The molecule has 1 aliphatic heterocycles. The minimum Gasteiger partial charge on any atom is -0.488 e. The van der Waals surface area contributed by atoms with E-state index in [0.29, 0.717) is 23.7 Å². The topological polar surface area (TPSA) is 35.5 Å². The number of carbonyl (C=O) groups excluding carboxylic acids is 1. The summed E-state index contributed by atoms with van der Waals surface area (Å²) in [5, 5.41) is 0. The summed E-state index contributed by atoms with van der Waals surface area (Å²) < 4.78 is 12.2. The first-order chi connectivity index (χ1) is 12.8. The minimum absolute atomic E-state index is 0.0141. The summed E-state index contributed by atoms with van der Waals surface area (Å²) in [7, 11) is 0. The van der Waals surface area contributed by atoms with Crippen molar-refractivity contribution in [3.05, 3.63) is 42.0 Å². The number of hydrogen-bond donors (Lipinski definition) is 0. The van der Waals surface area contributed by atoms with Gasteiger partial charge in [-0.05, 0) is 75.6 Å². The molecule has 144 valence electrons. The van der Waals surface area contributed by atoms with Gasteiger partial charge in [0, 0.05) is 24.2 Å². The van der Waals surface area contributed by atoms with Crippen LogP contribution in [0.15, 0.2) is 30.9 Å². The zero-order chi connectivity index (χ0) is 19.0. The van der Waals surface area contributed by atoms with Crippen LogP contribution in [0.25, 0.3) is 0 Å². The molecule has 27 heavy (non-hydrogen) atoms. The molecule has 0 N–H and O–H groups in total. The van der Waals surface area contributed by atoms with Gasteiger partial charge in [-0.2, -0.15) is 0 Å². The predicted octanol–water partition coefficient (Wildman–Crippen LogP) is 5.04. The molecule has 6 atom stereocenters. The number of hydrogen-bond acceptors (Lipinski definition) is 3. The Hall–Kier alpha value is -1.77. The highest BCUT2D eigenvalue weighted by Gasteiger charge is 2.67. The van der Waals surface area contributed by atoms with Gasteiger partial charge in [-0.25, -0.2) is 0 Å². The molecule has 0 amide bonds. The van der Waals surface area contributed by atoms with E-state index in [1.807, 2.05) is 6.08 Å². The van der Waals surface area contributed by atoms with E-state index in [4.69, 9.17) is 9.47 Å². The monoisotopic (exact) mass is 366 g/mol. The van der Waals surface area contributed by atoms with Crippen molar-refractivity contribution in [2.24, 2.45) is 23.7 Å². The van der Waals surface area contributed by atoms with Crippen LogP contribution in [0.1, 0.15) is 63.5 Å². The summed E-state index contributed by atoms with van der Waals surface area (Å²) in [6, 6.07) is 6.53. The second kappa shape index (κ2) is 5.62. The normalized spacial score (nSPS) is 39.2. The van der Waals surface area contributed by atoms with Crippen LogP contribution in [0.4, 0.5) is 0 Å². The molecule has 0 aromatic heterocycles. The van der Waals surface area contributed by atoms with E-state index in [1.165, 1.54) is 17.5 Å². The van der Waals surface area contributed by atoms with Gasteiger partial charge in [-0.3, -0.25) is 4.79 Å². The lowest BCUT2D eigenvalue weighted by Crippen LogP contribution is -2.48. The van der Waals surface area contributed by atoms with Gasteiger partial charge in [0.05, 0.1) is 5.92 Å². The molecule has 2 bridgehead atoms. The first kappa shape index (κ1) is 17.3. The number of esters is 1. The molecule has 0 radical (unpaired) electrons. The highest BCUT2D eigenvalue weighted by molar-refractivity contribution is 5.78. The Balaban J connectivity index is 1.53. The lowest BCUT2D eigenvalue weighted by molar-refractivity contribution is -0.154. The van der Waals surface area contributed by atoms with Gasteiger partial charge < -0.3 is 9.47 Å². The van der Waals surface area contributed by atoms with Crippen molar-refractivity contribution in [1.82, 2.24) is 0 Å². The number of ether oxygens (including phenoxy) is 2. The Morgan fingerprint density at radius 1 is 1.26 bits per heavy atom. The number of benzene rings is 1. The molecule has 1 spiro atoms. The summed E-state index contributed by atoms with van der Waals surface area (Å²) in [5.74, 6) is 2.68. The fourth-order valence-electron chi connectivity index (χ4n) is 6.72. The van der Waals surface area contributed by atoms with Crippen molar-refractivity contribution >= 4 is 5.97 Å². The van der Waals surface area contributed by atoms with E-state index in [9.17, 15) is 4.79 Å². The lowest BCUT2D eigenvalue weighted by atomic mass is 9.56. The SMILES string of the molecule is C=C[C@@H]1CC[C@H]2[C@@H]3CCc4cc(OC(C)(C)C)ccc4[C@H]3[C@@H]3C[C@]12OC3=O. The molecule has 4 aliphatic rings. The van der Waals surface area contributed by atoms with E-state index in [-0.39, 0.29) is 23.1 Å². The smallest absolute Gasteiger partial charge is 0.310 e. The molecule has 1 heterocycles. The third-order valence-electron chi connectivity index (χ3n) is 7.52. The highest BCUT2D eigenvalue weighted by Crippen LogP contribution is 2.65. The van der Waals surface area contributed by atoms with Crippen LogP contribution in [-0.2, 0) is 16.0 Å². The largest absolute Gasteiger partial charge is 0.488 e. The molecule has 3 nitrogen and oxygen atoms in total. The van der Waals surface area contributed by atoms with Crippen LogP contribution in [-0.4, -0.2) is 17.2 Å². The van der Waals surface area contributed by atoms with Gasteiger partial charge in [0.25, 0.3) is 0 Å².